The molecule has 10 heteroatoms. The quantitative estimate of drug-likeness (QED) is 0.398. The zero-order valence-electron chi connectivity index (χ0n) is 20.0. The molecule has 1 saturated heterocycles. The first-order valence-electron chi connectivity index (χ1n) is 11.9. The molecule has 0 saturated carbocycles. The second-order valence-electron chi connectivity index (χ2n) is 9.07. The van der Waals surface area contributed by atoms with E-state index in [9.17, 15) is 9.90 Å². The normalized spacial score (nSPS) is 14.8. The van der Waals surface area contributed by atoms with Crippen molar-refractivity contribution in [2.45, 2.75) is 13.5 Å². The molecule has 0 unspecified atom stereocenters. The van der Waals surface area contributed by atoms with Crippen molar-refractivity contribution in [1.82, 2.24) is 24.1 Å². The minimum absolute atomic E-state index is 0.184. The van der Waals surface area contributed by atoms with E-state index >= 15 is 4.39 Å². The maximum atomic E-state index is 15.3. The fraction of sp³-hybridized carbons (Fsp3) is 0.269. The van der Waals surface area contributed by atoms with Crippen LogP contribution in [0.2, 0.25) is 0 Å². The molecule has 6 rings (SSSR count). The third-order valence-electron chi connectivity index (χ3n) is 6.82. The second kappa shape index (κ2) is 8.72. The van der Waals surface area contributed by atoms with Gasteiger partial charge in [0.05, 0.1) is 22.5 Å². The Morgan fingerprint density at radius 2 is 1.86 bits per heavy atom. The number of rotatable bonds is 4. The maximum Gasteiger partial charge on any atom is 0.213 e. The number of hydrogen-bond donors (Lipinski definition) is 1. The largest absolute Gasteiger partial charge is 0.508 e. The van der Waals surface area contributed by atoms with Crippen molar-refractivity contribution >= 4 is 32.9 Å². The van der Waals surface area contributed by atoms with Crippen LogP contribution >= 0.6 is 11.3 Å². The van der Waals surface area contributed by atoms with E-state index in [4.69, 9.17) is 0 Å². The monoisotopic (exact) mass is 504 g/mol. The standard InChI is InChI=1S/C26H25FN6O2S/c1-3-31-14-19(25-28-26-33(29-25)23(15-36-26)16-4-6-17(34)7-5-16)24(35)18-12-20(27)22(13-21(18)31)32-10-8-30(2)9-11-32/h4-7,12-15,34H,3,8-11H2,1-2H3. The van der Waals surface area contributed by atoms with Crippen molar-refractivity contribution in [2.75, 3.05) is 38.1 Å². The fourth-order valence-electron chi connectivity index (χ4n) is 4.74. The number of aryl methyl sites for hydroxylation is 1. The van der Waals surface area contributed by atoms with Gasteiger partial charge in [0, 0.05) is 55.3 Å². The van der Waals surface area contributed by atoms with E-state index in [0.29, 0.717) is 39.5 Å². The summed E-state index contributed by atoms with van der Waals surface area (Å²) in [5.41, 5.74) is 2.97. The smallest absolute Gasteiger partial charge is 0.213 e. The summed E-state index contributed by atoms with van der Waals surface area (Å²) in [6.45, 7) is 5.82. The molecule has 0 amide bonds. The van der Waals surface area contributed by atoms with Gasteiger partial charge in [0.15, 0.2) is 5.82 Å². The van der Waals surface area contributed by atoms with Gasteiger partial charge in [-0.2, -0.15) is 4.98 Å². The molecule has 3 aromatic heterocycles. The van der Waals surface area contributed by atoms with Gasteiger partial charge in [-0.25, -0.2) is 8.91 Å². The second-order valence-corrected chi connectivity index (χ2v) is 9.90. The maximum absolute atomic E-state index is 15.3. The molecule has 2 aromatic carbocycles. The van der Waals surface area contributed by atoms with Gasteiger partial charge in [-0.1, -0.05) is 0 Å². The van der Waals surface area contributed by atoms with Crippen LogP contribution in [0.15, 0.2) is 52.8 Å². The number of fused-ring (bicyclic) bond motifs is 2. The van der Waals surface area contributed by atoms with E-state index in [0.717, 1.165) is 37.4 Å². The van der Waals surface area contributed by atoms with E-state index in [2.05, 4.69) is 22.0 Å². The average molecular weight is 505 g/mol. The van der Waals surface area contributed by atoms with Crippen LogP contribution in [0.25, 0.3) is 38.5 Å². The molecule has 184 valence electrons. The highest BCUT2D eigenvalue weighted by atomic mass is 32.1. The third-order valence-corrected chi connectivity index (χ3v) is 7.64. The number of likely N-dealkylation sites (N-methyl/N-ethyl adjacent to an activating group) is 1. The number of nitrogens with zero attached hydrogens (tertiary/aromatic N) is 6. The Bertz CT molecular complexity index is 1650. The van der Waals surface area contributed by atoms with Gasteiger partial charge in [0.1, 0.15) is 11.6 Å². The van der Waals surface area contributed by atoms with Crippen molar-refractivity contribution in [3.63, 3.8) is 0 Å². The fourth-order valence-corrected chi connectivity index (χ4v) is 5.57. The minimum atomic E-state index is -0.391. The highest BCUT2D eigenvalue weighted by Crippen LogP contribution is 2.30. The summed E-state index contributed by atoms with van der Waals surface area (Å²) >= 11 is 1.42. The summed E-state index contributed by atoms with van der Waals surface area (Å²) in [4.78, 5) is 23.1. The Morgan fingerprint density at radius 3 is 2.58 bits per heavy atom. The Morgan fingerprint density at radius 1 is 1.11 bits per heavy atom. The van der Waals surface area contributed by atoms with Crippen LogP contribution in [0.3, 0.4) is 0 Å². The Labute approximate surface area is 210 Å². The van der Waals surface area contributed by atoms with Gasteiger partial charge in [-0.05, 0) is 50.4 Å². The molecular formula is C26H25FN6O2S. The third kappa shape index (κ3) is 3.73. The van der Waals surface area contributed by atoms with Crippen molar-refractivity contribution in [3.05, 3.63) is 64.0 Å². The van der Waals surface area contributed by atoms with E-state index in [1.165, 1.54) is 17.4 Å². The van der Waals surface area contributed by atoms with Crippen molar-refractivity contribution in [1.29, 1.82) is 0 Å². The molecule has 0 radical (unpaired) electrons. The summed E-state index contributed by atoms with van der Waals surface area (Å²) in [7, 11) is 2.06. The molecule has 1 fully saturated rings. The number of pyridine rings is 1. The van der Waals surface area contributed by atoms with E-state index in [1.807, 2.05) is 21.8 Å². The van der Waals surface area contributed by atoms with Crippen molar-refractivity contribution in [2.24, 2.45) is 0 Å². The molecule has 0 spiro atoms. The summed E-state index contributed by atoms with van der Waals surface area (Å²) in [5.74, 6) is 0.0979. The number of thiazole rings is 1. The van der Waals surface area contributed by atoms with Gasteiger partial charge in [-0.15, -0.1) is 16.4 Å². The van der Waals surface area contributed by atoms with Crippen LogP contribution in [-0.2, 0) is 6.54 Å². The van der Waals surface area contributed by atoms with E-state index in [1.54, 1.807) is 41.0 Å². The van der Waals surface area contributed by atoms with Gasteiger partial charge >= 0.3 is 0 Å². The van der Waals surface area contributed by atoms with Gasteiger partial charge < -0.3 is 19.5 Å². The van der Waals surface area contributed by atoms with Gasteiger partial charge in [0.25, 0.3) is 0 Å². The number of piperazine rings is 1. The van der Waals surface area contributed by atoms with Crippen molar-refractivity contribution < 1.29 is 9.50 Å². The summed E-state index contributed by atoms with van der Waals surface area (Å²) in [6.07, 6.45) is 1.77. The molecule has 0 aliphatic carbocycles. The number of benzene rings is 2. The zero-order chi connectivity index (χ0) is 25.0. The first-order valence-corrected chi connectivity index (χ1v) is 12.7. The Balaban J connectivity index is 1.46. The lowest BCUT2D eigenvalue weighted by Gasteiger charge is -2.34. The van der Waals surface area contributed by atoms with Crippen LogP contribution in [0.4, 0.5) is 10.1 Å². The van der Waals surface area contributed by atoms with Crippen LogP contribution in [-0.4, -0.2) is 62.4 Å². The molecule has 1 aliphatic rings. The molecule has 1 aliphatic heterocycles. The summed E-state index contributed by atoms with van der Waals surface area (Å²) in [5, 5.41) is 16.5. The predicted octanol–water partition coefficient (Wildman–Crippen LogP) is 4.06. The SMILES string of the molecule is CCn1cc(-c2nc3scc(-c4ccc(O)cc4)n3n2)c(=O)c2cc(F)c(N3CCN(C)CC3)cc21. The lowest BCUT2D eigenvalue weighted by molar-refractivity contribution is 0.312. The molecular weight excluding hydrogens is 479 g/mol. The zero-order valence-corrected chi connectivity index (χ0v) is 20.8. The molecule has 0 bridgehead atoms. The van der Waals surface area contributed by atoms with Crippen LogP contribution in [0.1, 0.15) is 6.92 Å². The number of aromatic hydroxyl groups is 1. The first kappa shape index (κ1) is 22.7. The van der Waals surface area contributed by atoms with Crippen LogP contribution in [0, 0.1) is 5.82 Å². The number of anilines is 1. The lowest BCUT2D eigenvalue weighted by atomic mass is 10.1. The molecule has 36 heavy (non-hydrogen) atoms. The first-order chi connectivity index (χ1) is 17.4. The highest BCUT2D eigenvalue weighted by Gasteiger charge is 2.22. The van der Waals surface area contributed by atoms with Gasteiger partial charge in [-0.3, -0.25) is 4.79 Å². The van der Waals surface area contributed by atoms with Crippen molar-refractivity contribution in [3.8, 4) is 28.4 Å². The minimum Gasteiger partial charge on any atom is -0.508 e. The summed E-state index contributed by atoms with van der Waals surface area (Å²) < 4.78 is 18.9. The number of halogens is 1. The predicted molar refractivity (Wildman–Crippen MR) is 141 cm³/mol. The summed E-state index contributed by atoms with van der Waals surface area (Å²) in [6, 6.07) is 10.0. The molecule has 5 aromatic rings. The Kier molecular flexibility index (Phi) is 5.50. The van der Waals surface area contributed by atoms with E-state index < -0.39 is 5.82 Å². The average Bonchev–Trinajstić information content (AvgIpc) is 3.47. The number of phenolic OH excluding ortho intramolecular Hbond substituents is 1. The number of hydrogen-bond acceptors (Lipinski definition) is 7. The van der Waals surface area contributed by atoms with Gasteiger partial charge in [0.2, 0.25) is 10.4 Å². The number of aromatic nitrogens is 4. The topological polar surface area (TPSA) is 78.9 Å². The lowest BCUT2D eigenvalue weighted by Crippen LogP contribution is -2.44. The molecule has 0 atom stereocenters. The molecule has 1 N–H and O–H groups in total. The molecule has 8 nitrogen and oxygen atoms in total. The van der Waals surface area contributed by atoms with Crippen LogP contribution < -0.4 is 10.3 Å². The molecule has 4 heterocycles. The number of phenols is 1. The van der Waals surface area contributed by atoms with Crippen LogP contribution in [0.5, 0.6) is 5.75 Å². The highest BCUT2D eigenvalue weighted by molar-refractivity contribution is 7.15. The Hall–Kier alpha value is -3.76. The van der Waals surface area contributed by atoms with E-state index in [-0.39, 0.29) is 11.2 Å².